The van der Waals surface area contributed by atoms with E-state index in [2.05, 4.69) is 16.0 Å². The van der Waals surface area contributed by atoms with Gasteiger partial charge in [0.2, 0.25) is 0 Å². The summed E-state index contributed by atoms with van der Waals surface area (Å²) in [5, 5.41) is 77.8. The topological polar surface area (TPSA) is 305 Å². The van der Waals surface area contributed by atoms with Crippen molar-refractivity contribution in [3.63, 3.8) is 0 Å². The van der Waals surface area contributed by atoms with Gasteiger partial charge in [0.05, 0.1) is 0 Å². The van der Waals surface area contributed by atoms with Gasteiger partial charge >= 0.3 is 35.0 Å². The zero-order valence-corrected chi connectivity index (χ0v) is 25.6. The van der Waals surface area contributed by atoms with Gasteiger partial charge in [-0.05, 0) is 0 Å². The van der Waals surface area contributed by atoms with E-state index in [-0.39, 0.29) is 17.1 Å². The number of ether oxygens (including phenoxy) is 3. The molecule has 4 rings (SSSR count). The minimum Gasteiger partial charge on any atom is -0.873 e. The first-order valence-corrected chi connectivity index (χ1v) is 13.6. The van der Waals surface area contributed by atoms with Crippen LogP contribution in [0.2, 0.25) is 0 Å². The Morgan fingerprint density at radius 2 is 0.735 bits per heavy atom. The fourth-order valence-electron chi connectivity index (χ4n) is 4.10. The van der Waals surface area contributed by atoms with Crippen LogP contribution in [0.15, 0.2) is 54.6 Å². The fraction of sp³-hybridized carbons (Fsp3) is 0.200. The molecule has 3 atom stereocenters. The molecule has 1 aliphatic heterocycles. The zero-order chi connectivity index (χ0) is 35.1. The molecule has 3 amide bonds. The van der Waals surface area contributed by atoms with Gasteiger partial charge in [-0.1, -0.05) is 54.6 Å². The summed E-state index contributed by atoms with van der Waals surface area (Å²) in [4.78, 5) is 77.4. The third kappa shape index (κ3) is 8.79. The first kappa shape index (κ1) is 37.3. The quantitative estimate of drug-likeness (QED) is 0.123. The molecular formula is C30H21FeN3O15-3. The van der Waals surface area contributed by atoms with E-state index in [4.69, 9.17) is 14.2 Å². The molecule has 1 saturated heterocycles. The van der Waals surface area contributed by atoms with E-state index in [1.165, 1.54) is 0 Å². The summed E-state index contributed by atoms with van der Waals surface area (Å²) in [6.07, 6.45) is 0. The van der Waals surface area contributed by atoms with Crippen molar-refractivity contribution in [1.82, 2.24) is 16.0 Å². The molecule has 1 aliphatic rings. The van der Waals surface area contributed by atoms with Crippen molar-refractivity contribution < 1.29 is 90.7 Å². The molecule has 1 heterocycles. The fourth-order valence-corrected chi connectivity index (χ4v) is 4.10. The van der Waals surface area contributed by atoms with Crippen LogP contribution in [0.4, 0.5) is 0 Å². The molecule has 3 aromatic rings. The molecule has 0 saturated carbocycles. The van der Waals surface area contributed by atoms with Gasteiger partial charge in [-0.2, -0.15) is 0 Å². The van der Waals surface area contributed by atoms with Crippen molar-refractivity contribution in [1.29, 1.82) is 0 Å². The number of para-hydroxylation sites is 3. The smallest absolute Gasteiger partial charge is 0.873 e. The summed E-state index contributed by atoms with van der Waals surface area (Å²) in [6, 6.07) is 3.10. The van der Waals surface area contributed by atoms with E-state index in [9.17, 15) is 59.4 Å². The maximum absolute atomic E-state index is 13.0. The van der Waals surface area contributed by atoms with E-state index in [1.54, 1.807) is 0 Å². The largest absolute Gasteiger partial charge is 3.00 e. The summed E-state index contributed by atoms with van der Waals surface area (Å²) < 4.78 is 15.1. The summed E-state index contributed by atoms with van der Waals surface area (Å²) in [7, 11) is 0. The second kappa shape index (κ2) is 16.1. The molecule has 3 aromatic carbocycles. The van der Waals surface area contributed by atoms with Gasteiger partial charge in [0.1, 0.15) is 19.8 Å². The molecule has 0 bridgehead atoms. The first-order valence-electron chi connectivity index (χ1n) is 13.6. The predicted octanol–water partition coefficient (Wildman–Crippen LogP) is -4.54. The van der Waals surface area contributed by atoms with Crippen molar-refractivity contribution >= 4 is 35.6 Å². The number of rotatable bonds is 6. The molecule has 1 radical (unpaired) electrons. The van der Waals surface area contributed by atoms with Gasteiger partial charge < -0.3 is 60.8 Å². The Bertz CT molecular complexity index is 1580. The van der Waals surface area contributed by atoms with Crippen LogP contribution in [0.3, 0.4) is 0 Å². The molecule has 0 aromatic heterocycles. The van der Waals surface area contributed by atoms with Crippen molar-refractivity contribution in [3.8, 4) is 34.5 Å². The van der Waals surface area contributed by atoms with E-state index in [1.807, 2.05) is 0 Å². The Hall–Kier alpha value is -6.20. The van der Waals surface area contributed by atoms with Crippen molar-refractivity contribution in [2.75, 3.05) is 19.8 Å². The normalized spacial score (nSPS) is 18.1. The van der Waals surface area contributed by atoms with Crippen LogP contribution < -0.4 is 46.6 Å². The maximum atomic E-state index is 13.0. The number of amides is 3. The van der Waals surface area contributed by atoms with Crippen LogP contribution in [0.1, 0.15) is 31.1 Å². The van der Waals surface area contributed by atoms with Crippen LogP contribution in [0.5, 0.6) is 34.5 Å². The van der Waals surface area contributed by atoms with E-state index in [0.717, 1.165) is 54.6 Å². The third-order valence-corrected chi connectivity index (χ3v) is 6.62. The summed E-state index contributed by atoms with van der Waals surface area (Å²) in [6.45, 7) is -3.07. The Labute approximate surface area is 285 Å². The monoisotopic (exact) mass is 719 g/mol. The second-order valence-electron chi connectivity index (χ2n) is 9.87. The molecular weight excluding hydrogens is 698 g/mol. The molecule has 0 unspecified atom stereocenters. The Morgan fingerprint density at radius 1 is 0.490 bits per heavy atom. The number of cyclic esters (lactones) is 3. The number of hydrogen-bond acceptors (Lipinski definition) is 15. The number of esters is 3. The molecule has 18 nitrogen and oxygen atoms in total. The molecule has 1 fully saturated rings. The van der Waals surface area contributed by atoms with Crippen LogP contribution in [0.25, 0.3) is 0 Å². The summed E-state index contributed by atoms with van der Waals surface area (Å²) in [5.41, 5.74) is -2.06. The number of nitrogens with one attached hydrogen (secondary N) is 3. The van der Waals surface area contributed by atoms with Crippen LogP contribution in [-0.4, -0.2) is 73.6 Å². The zero-order valence-electron chi connectivity index (χ0n) is 24.5. The van der Waals surface area contributed by atoms with Crippen LogP contribution in [-0.2, 0) is 45.7 Å². The summed E-state index contributed by atoms with van der Waals surface area (Å²) in [5.74, 6) is -14.8. The van der Waals surface area contributed by atoms with Crippen molar-refractivity contribution in [2.24, 2.45) is 0 Å². The number of carbonyl (C=O) groups is 6. The molecule has 3 N–H and O–H groups in total. The Morgan fingerprint density at radius 3 is 0.980 bits per heavy atom. The van der Waals surface area contributed by atoms with Gasteiger partial charge in [0, 0.05) is 16.7 Å². The van der Waals surface area contributed by atoms with E-state index in [0.29, 0.717) is 0 Å². The van der Waals surface area contributed by atoms with Gasteiger partial charge in [-0.3, -0.25) is 14.4 Å². The standard InChI is InChI=1S/C30H27N3O15.Fe/c34-19-7-1-4-13(22(19)37)25(40)31-16-10-46-29(44)18(33-27(42)15-6-3-9-21(36)24(15)39)12-48-30(45)17(11-47-28(16)43)32-26(41)14-5-2-8-20(35)23(14)38;/h1-9,16-18,34-39H,10-12H2,(H,31,40)(H,32,41)(H,33,42);/q;+3/p-6/t16-,17-,18-;/m0./s1. The van der Waals surface area contributed by atoms with Crippen LogP contribution in [0, 0.1) is 0 Å². The number of carbonyl (C=O) groups excluding carboxylic acids is 6. The summed E-state index contributed by atoms with van der Waals surface area (Å²) >= 11 is 0. The SMILES string of the molecule is O=C(N[C@H]1COC(=O)[C@@H](NC(=O)c2cccc([O-])c2[O-])COC(=O)[C@@H](NC(=O)c2cccc([O-])c2[O-])COC1=O)c1cccc([O-])c1[O-].[Fe+3]. The average molecular weight is 719 g/mol. The number of benzene rings is 3. The molecule has 49 heavy (non-hydrogen) atoms. The van der Waals surface area contributed by atoms with Gasteiger partial charge in [-0.25, -0.2) is 14.4 Å². The average Bonchev–Trinajstić information content (AvgIpc) is 3.05. The predicted molar refractivity (Wildman–Crippen MR) is 143 cm³/mol. The van der Waals surface area contributed by atoms with Crippen molar-refractivity contribution in [2.45, 2.75) is 18.1 Å². The molecule has 257 valence electrons. The maximum Gasteiger partial charge on any atom is 3.00 e. The second-order valence-corrected chi connectivity index (χ2v) is 9.87. The van der Waals surface area contributed by atoms with E-state index >= 15 is 0 Å². The van der Waals surface area contributed by atoms with E-state index < -0.39 is 125 Å². The Kier molecular flexibility index (Phi) is 12.2. The molecule has 0 aliphatic carbocycles. The Balaban J connectivity index is 0.00000650. The molecule has 0 spiro atoms. The first-order chi connectivity index (χ1) is 22.8. The third-order valence-electron chi connectivity index (χ3n) is 6.62. The number of hydrogen-bond donors (Lipinski definition) is 3. The van der Waals surface area contributed by atoms with Gasteiger partial charge in [-0.15, -0.1) is 34.5 Å². The van der Waals surface area contributed by atoms with Crippen molar-refractivity contribution in [3.05, 3.63) is 71.3 Å². The minimum atomic E-state index is -1.92. The minimum absolute atomic E-state index is 0. The van der Waals surface area contributed by atoms with Crippen LogP contribution >= 0.6 is 0 Å². The van der Waals surface area contributed by atoms with Gasteiger partial charge in [0.15, 0.2) is 18.1 Å². The molecule has 19 heteroatoms. The van der Waals surface area contributed by atoms with Gasteiger partial charge in [0.25, 0.3) is 17.7 Å².